The van der Waals surface area contributed by atoms with E-state index < -0.39 is 24.1 Å². The number of aromatic nitrogens is 2. The minimum atomic E-state index is -0.816. The number of hydrogen-bond donors (Lipinski definition) is 3. The molecule has 1 unspecified atom stereocenters. The lowest BCUT2D eigenvalue weighted by atomic mass is 10.2. The summed E-state index contributed by atoms with van der Waals surface area (Å²) in [6.45, 7) is 1.63. The minimum Gasteiger partial charge on any atom is -0.394 e. The molecule has 7 nitrogen and oxygen atoms in total. The van der Waals surface area contributed by atoms with Crippen LogP contribution in [0.2, 0.25) is 0 Å². The normalized spacial score (nSPS) is 26.8. The van der Waals surface area contributed by atoms with Gasteiger partial charge in [0.2, 0.25) is 0 Å². The maximum Gasteiger partial charge on any atom is 0.330 e. The van der Waals surface area contributed by atoms with Crippen LogP contribution in [0.5, 0.6) is 0 Å². The molecule has 106 valence electrons. The zero-order valence-corrected chi connectivity index (χ0v) is 10.7. The zero-order chi connectivity index (χ0) is 14.0. The molecule has 19 heavy (non-hydrogen) atoms. The molecule has 1 saturated heterocycles. The van der Waals surface area contributed by atoms with Crippen LogP contribution in [0.3, 0.4) is 0 Å². The van der Waals surface area contributed by atoms with Crippen LogP contribution in [0.15, 0.2) is 15.8 Å². The molecule has 1 aromatic rings. The summed E-state index contributed by atoms with van der Waals surface area (Å²) in [6.07, 6.45) is 0.863. The van der Waals surface area contributed by atoms with Crippen LogP contribution in [0, 0.1) is 0 Å². The molecule has 3 N–H and O–H groups in total. The number of aromatic amines is 1. The number of H-pyrrole nitrogens is 1. The van der Waals surface area contributed by atoms with E-state index in [4.69, 9.17) is 9.84 Å². The summed E-state index contributed by atoms with van der Waals surface area (Å²) in [4.78, 5) is 25.6. The van der Waals surface area contributed by atoms with Gasteiger partial charge in [0.1, 0.15) is 12.3 Å². The van der Waals surface area contributed by atoms with E-state index in [1.807, 2.05) is 6.92 Å². The molecule has 0 bridgehead atoms. The first-order valence-electron chi connectivity index (χ1n) is 6.35. The van der Waals surface area contributed by atoms with Gasteiger partial charge in [-0.25, -0.2) is 4.79 Å². The highest BCUT2D eigenvalue weighted by Gasteiger charge is 2.35. The third kappa shape index (κ3) is 2.78. The molecule has 0 saturated carbocycles. The Kier molecular flexibility index (Phi) is 4.18. The highest BCUT2D eigenvalue weighted by molar-refractivity contribution is 5.05. The van der Waals surface area contributed by atoms with Crippen molar-refractivity contribution in [2.45, 2.75) is 44.6 Å². The largest absolute Gasteiger partial charge is 0.394 e. The highest BCUT2D eigenvalue weighted by atomic mass is 16.5. The molecule has 3 atom stereocenters. The number of hydrogen-bond acceptors (Lipinski definition) is 5. The number of aliphatic hydroxyl groups excluding tert-OH is 2. The number of nitrogens with zero attached hydrogens (tertiary/aromatic N) is 1. The first-order chi connectivity index (χ1) is 9.06. The molecule has 1 aliphatic rings. The van der Waals surface area contributed by atoms with Gasteiger partial charge in [0, 0.05) is 18.2 Å². The van der Waals surface area contributed by atoms with E-state index in [1.165, 1.54) is 10.8 Å². The number of nitrogens with one attached hydrogen (secondary N) is 1. The molecule has 7 heteroatoms. The molecular weight excluding hydrogens is 252 g/mol. The van der Waals surface area contributed by atoms with Gasteiger partial charge in [-0.15, -0.1) is 0 Å². The SMILES string of the molecule is CCCc1cn([C@@H]2CC(O)[C@H](CO)O2)c(=O)[nH]c1=O. The highest BCUT2D eigenvalue weighted by Crippen LogP contribution is 2.27. The second-order valence-electron chi connectivity index (χ2n) is 4.69. The number of aliphatic hydroxyl groups is 2. The number of rotatable bonds is 4. The topological polar surface area (TPSA) is 105 Å². The Labute approximate surface area is 109 Å². The van der Waals surface area contributed by atoms with E-state index in [1.54, 1.807) is 0 Å². The van der Waals surface area contributed by atoms with Crippen molar-refractivity contribution in [2.75, 3.05) is 6.61 Å². The molecule has 1 aliphatic heterocycles. The first-order valence-corrected chi connectivity index (χ1v) is 6.35. The lowest BCUT2D eigenvalue weighted by Crippen LogP contribution is -2.34. The van der Waals surface area contributed by atoms with Crippen LogP contribution >= 0.6 is 0 Å². The standard InChI is InChI=1S/C12H18N2O5/c1-2-3-7-5-14(12(18)13-11(7)17)10-4-8(16)9(6-15)19-10/h5,8-10,15-16H,2-4,6H2,1H3,(H,13,17,18)/t8?,9-,10-/m0/s1. The van der Waals surface area contributed by atoms with Crippen molar-refractivity contribution in [1.82, 2.24) is 9.55 Å². The van der Waals surface area contributed by atoms with Crippen molar-refractivity contribution in [3.8, 4) is 0 Å². The fraction of sp³-hybridized carbons (Fsp3) is 0.667. The molecule has 1 fully saturated rings. The summed E-state index contributed by atoms with van der Waals surface area (Å²) >= 11 is 0. The third-order valence-electron chi connectivity index (χ3n) is 3.26. The van der Waals surface area contributed by atoms with Crippen LogP contribution in [-0.2, 0) is 11.2 Å². The molecule has 2 heterocycles. The Morgan fingerprint density at radius 3 is 2.84 bits per heavy atom. The maximum absolute atomic E-state index is 11.8. The van der Waals surface area contributed by atoms with E-state index in [2.05, 4.69) is 4.98 Å². The zero-order valence-electron chi connectivity index (χ0n) is 10.7. The Bertz CT molecular complexity index is 550. The van der Waals surface area contributed by atoms with Gasteiger partial charge < -0.3 is 14.9 Å². The van der Waals surface area contributed by atoms with E-state index in [0.717, 1.165) is 6.42 Å². The van der Waals surface area contributed by atoms with E-state index in [9.17, 15) is 14.7 Å². The van der Waals surface area contributed by atoms with Crippen molar-refractivity contribution in [3.63, 3.8) is 0 Å². The molecule has 0 aromatic carbocycles. The molecule has 0 aliphatic carbocycles. The number of ether oxygens (including phenoxy) is 1. The second-order valence-corrected chi connectivity index (χ2v) is 4.69. The summed E-state index contributed by atoms with van der Waals surface area (Å²) in [5.74, 6) is 0. The minimum absolute atomic E-state index is 0.211. The molecule has 0 amide bonds. The van der Waals surface area contributed by atoms with Crippen molar-refractivity contribution >= 4 is 0 Å². The van der Waals surface area contributed by atoms with Gasteiger partial charge in [-0.2, -0.15) is 0 Å². The van der Waals surface area contributed by atoms with Gasteiger partial charge in [0.15, 0.2) is 0 Å². The van der Waals surface area contributed by atoms with Gasteiger partial charge in [0.25, 0.3) is 5.56 Å². The molecule has 0 radical (unpaired) electrons. The smallest absolute Gasteiger partial charge is 0.330 e. The molecule has 0 spiro atoms. The first kappa shape index (κ1) is 14.0. The fourth-order valence-electron chi connectivity index (χ4n) is 2.24. The quantitative estimate of drug-likeness (QED) is 0.659. The summed E-state index contributed by atoms with van der Waals surface area (Å²) in [5, 5.41) is 18.7. The molecule has 1 aromatic heterocycles. The summed E-state index contributed by atoms with van der Waals surface area (Å²) < 4.78 is 6.67. The predicted octanol–water partition coefficient (Wildman–Crippen LogP) is -0.870. The lowest BCUT2D eigenvalue weighted by Gasteiger charge is -2.15. The van der Waals surface area contributed by atoms with Crippen LogP contribution in [0.1, 0.15) is 31.6 Å². The van der Waals surface area contributed by atoms with Crippen LogP contribution in [0.4, 0.5) is 0 Å². The third-order valence-corrected chi connectivity index (χ3v) is 3.26. The average Bonchev–Trinajstić information content (AvgIpc) is 2.74. The van der Waals surface area contributed by atoms with Crippen molar-refractivity contribution in [2.24, 2.45) is 0 Å². The van der Waals surface area contributed by atoms with E-state index in [-0.39, 0.29) is 18.6 Å². The Hall–Kier alpha value is -1.44. The van der Waals surface area contributed by atoms with Crippen molar-refractivity contribution < 1.29 is 14.9 Å². The summed E-state index contributed by atoms with van der Waals surface area (Å²) in [6, 6.07) is 0. The van der Waals surface area contributed by atoms with Gasteiger partial charge in [0.05, 0.1) is 12.7 Å². The average molecular weight is 270 g/mol. The Morgan fingerprint density at radius 2 is 2.26 bits per heavy atom. The van der Waals surface area contributed by atoms with Crippen LogP contribution in [-0.4, -0.2) is 38.6 Å². The number of aryl methyl sites for hydroxylation is 1. The second kappa shape index (κ2) is 5.68. The van der Waals surface area contributed by atoms with Crippen molar-refractivity contribution in [1.29, 1.82) is 0 Å². The van der Waals surface area contributed by atoms with Gasteiger partial charge in [-0.3, -0.25) is 14.3 Å². The van der Waals surface area contributed by atoms with E-state index in [0.29, 0.717) is 12.0 Å². The van der Waals surface area contributed by atoms with Crippen molar-refractivity contribution in [3.05, 3.63) is 32.6 Å². The van der Waals surface area contributed by atoms with Crippen LogP contribution < -0.4 is 11.2 Å². The van der Waals surface area contributed by atoms with Gasteiger partial charge in [-0.1, -0.05) is 13.3 Å². The lowest BCUT2D eigenvalue weighted by molar-refractivity contribution is -0.0460. The predicted molar refractivity (Wildman–Crippen MR) is 66.9 cm³/mol. The molecule has 2 rings (SSSR count). The fourth-order valence-corrected chi connectivity index (χ4v) is 2.24. The summed E-state index contributed by atoms with van der Waals surface area (Å²) in [5.41, 5.74) is -0.450. The monoisotopic (exact) mass is 270 g/mol. The van der Waals surface area contributed by atoms with Gasteiger partial charge in [-0.05, 0) is 6.42 Å². The Balaban J connectivity index is 2.33. The van der Waals surface area contributed by atoms with Crippen LogP contribution in [0.25, 0.3) is 0 Å². The van der Waals surface area contributed by atoms with Gasteiger partial charge >= 0.3 is 5.69 Å². The molecular formula is C12H18N2O5. The Morgan fingerprint density at radius 1 is 1.53 bits per heavy atom. The summed E-state index contributed by atoms with van der Waals surface area (Å²) in [7, 11) is 0. The maximum atomic E-state index is 11.8. The van der Waals surface area contributed by atoms with E-state index >= 15 is 0 Å².